The molecule has 4 aromatic rings. The van der Waals surface area contributed by atoms with Gasteiger partial charge in [0.05, 0.1) is 16.3 Å². The SMILES string of the molecule is CC(Sc1nnc(N)s1)C(=O)n1c2ccccc2c2ccccc21. The summed E-state index contributed by atoms with van der Waals surface area (Å²) in [6.45, 7) is 1.88. The summed E-state index contributed by atoms with van der Waals surface area (Å²) in [6, 6.07) is 15.9. The van der Waals surface area contributed by atoms with E-state index in [4.69, 9.17) is 5.73 Å². The van der Waals surface area contributed by atoms with E-state index in [0.29, 0.717) is 9.47 Å². The first-order valence-electron chi connectivity index (χ1n) is 7.43. The van der Waals surface area contributed by atoms with Gasteiger partial charge in [0.1, 0.15) is 0 Å². The van der Waals surface area contributed by atoms with Crippen LogP contribution in [0, 0.1) is 0 Å². The molecule has 2 aromatic heterocycles. The Balaban J connectivity index is 1.80. The molecule has 0 radical (unpaired) electrons. The number of hydrogen-bond donors (Lipinski definition) is 1. The fraction of sp³-hybridized carbons (Fsp3) is 0.118. The molecular formula is C17H14N4OS2. The number of nitrogens with zero attached hydrogens (tertiary/aromatic N) is 3. The number of anilines is 1. The van der Waals surface area contributed by atoms with E-state index in [-0.39, 0.29) is 11.2 Å². The maximum absolute atomic E-state index is 13.1. The maximum Gasteiger partial charge on any atom is 0.244 e. The topological polar surface area (TPSA) is 73.8 Å². The first-order chi connectivity index (χ1) is 11.6. The second-order valence-corrected chi connectivity index (χ2v) is 7.97. The fourth-order valence-electron chi connectivity index (χ4n) is 2.81. The number of para-hydroxylation sites is 2. The highest BCUT2D eigenvalue weighted by Gasteiger charge is 2.22. The summed E-state index contributed by atoms with van der Waals surface area (Å²) in [7, 11) is 0. The molecule has 0 aliphatic rings. The molecule has 0 saturated heterocycles. The van der Waals surface area contributed by atoms with Gasteiger partial charge in [-0.15, -0.1) is 10.2 Å². The van der Waals surface area contributed by atoms with E-state index in [1.807, 2.05) is 55.5 Å². The standard InChI is InChI=1S/C17H14N4OS2/c1-10(23-17-20-19-16(18)24-17)15(22)21-13-8-4-2-6-11(13)12-7-3-5-9-14(12)21/h2-10H,1H3,(H2,18,19). The quantitative estimate of drug-likeness (QED) is 0.562. The van der Waals surface area contributed by atoms with Gasteiger partial charge in [-0.25, -0.2) is 0 Å². The second-order valence-electron chi connectivity index (χ2n) is 5.37. The van der Waals surface area contributed by atoms with Gasteiger partial charge in [0.25, 0.3) is 0 Å². The highest BCUT2D eigenvalue weighted by molar-refractivity contribution is 8.02. The van der Waals surface area contributed by atoms with Crippen LogP contribution in [0.1, 0.15) is 11.7 Å². The monoisotopic (exact) mass is 354 g/mol. The molecular weight excluding hydrogens is 340 g/mol. The number of carbonyl (C=O) groups is 1. The molecule has 0 aliphatic carbocycles. The molecule has 0 bridgehead atoms. The van der Waals surface area contributed by atoms with Gasteiger partial charge in [0, 0.05) is 10.8 Å². The summed E-state index contributed by atoms with van der Waals surface area (Å²) < 4.78 is 2.50. The van der Waals surface area contributed by atoms with Gasteiger partial charge in [-0.05, 0) is 19.1 Å². The second kappa shape index (κ2) is 5.92. The number of carbonyl (C=O) groups excluding carboxylic acids is 1. The van der Waals surface area contributed by atoms with Crippen LogP contribution < -0.4 is 5.73 Å². The zero-order valence-electron chi connectivity index (χ0n) is 12.8. The molecule has 120 valence electrons. The summed E-state index contributed by atoms with van der Waals surface area (Å²) in [5.74, 6) is 0.0196. The number of hydrogen-bond acceptors (Lipinski definition) is 6. The summed E-state index contributed by atoms with van der Waals surface area (Å²) in [4.78, 5) is 13.1. The van der Waals surface area contributed by atoms with Gasteiger partial charge in [0.15, 0.2) is 4.34 Å². The van der Waals surface area contributed by atoms with Crippen molar-refractivity contribution in [1.29, 1.82) is 0 Å². The Bertz CT molecular complexity index is 1000. The number of rotatable bonds is 3. The Labute approximate surface area is 146 Å². The van der Waals surface area contributed by atoms with Gasteiger partial charge in [0.2, 0.25) is 11.0 Å². The number of fused-ring (bicyclic) bond motifs is 3. The van der Waals surface area contributed by atoms with Crippen LogP contribution in [-0.2, 0) is 0 Å². The summed E-state index contributed by atoms with van der Waals surface area (Å²) >= 11 is 2.68. The molecule has 2 aromatic carbocycles. The zero-order chi connectivity index (χ0) is 16.7. The van der Waals surface area contributed by atoms with E-state index >= 15 is 0 Å². The molecule has 0 saturated carbocycles. The first kappa shape index (κ1) is 15.2. The highest BCUT2D eigenvalue weighted by atomic mass is 32.2. The molecule has 2 heterocycles. The van der Waals surface area contributed by atoms with Crippen LogP contribution in [0.5, 0.6) is 0 Å². The Morgan fingerprint density at radius 3 is 2.21 bits per heavy atom. The van der Waals surface area contributed by atoms with Gasteiger partial charge in [-0.2, -0.15) is 0 Å². The Hall–Kier alpha value is -2.38. The molecule has 5 nitrogen and oxygen atoms in total. The summed E-state index contributed by atoms with van der Waals surface area (Å²) in [5, 5.41) is 10.1. The van der Waals surface area contributed by atoms with Gasteiger partial charge in [-0.3, -0.25) is 9.36 Å². The van der Waals surface area contributed by atoms with Crippen molar-refractivity contribution in [2.45, 2.75) is 16.5 Å². The molecule has 1 unspecified atom stereocenters. The molecule has 0 fully saturated rings. The van der Waals surface area contributed by atoms with E-state index in [2.05, 4.69) is 10.2 Å². The molecule has 2 N–H and O–H groups in total. The van der Waals surface area contributed by atoms with Crippen molar-refractivity contribution in [3.05, 3.63) is 48.5 Å². The predicted octanol–water partition coefficient (Wildman–Crippen LogP) is 4.05. The third kappa shape index (κ3) is 2.46. The van der Waals surface area contributed by atoms with Crippen LogP contribution in [0.4, 0.5) is 5.13 Å². The minimum absolute atomic E-state index is 0.0196. The van der Waals surface area contributed by atoms with Crippen LogP contribution in [0.2, 0.25) is 0 Å². The van der Waals surface area contributed by atoms with Gasteiger partial charge < -0.3 is 5.73 Å². The molecule has 7 heteroatoms. The minimum atomic E-state index is -0.295. The third-order valence-electron chi connectivity index (χ3n) is 3.85. The van der Waals surface area contributed by atoms with Gasteiger partial charge >= 0.3 is 0 Å². The van der Waals surface area contributed by atoms with E-state index in [9.17, 15) is 4.79 Å². The summed E-state index contributed by atoms with van der Waals surface area (Å²) in [6.07, 6.45) is 0. The molecule has 0 aliphatic heterocycles. The largest absolute Gasteiger partial charge is 0.374 e. The normalized spacial score (nSPS) is 12.7. The smallest absolute Gasteiger partial charge is 0.244 e. The number of nitrogen functional groups attached to an aromatic ring is 1. The number of benzene rings is 2. The lowest BCUT2D eigenvalue weighted by Crippen LogP contribution is -2.21. The van der Waals surface area contributed by atoms with Crippen molar-refractivity contribution in [3.8, 4) is 0 Å². The van der Waals surface area contributed by atoms with Crippen LogP contribution in [0.15, 0.2) is 52.9 Å². The average molecular weight is 354 g/mol. The van der Waals surface area contributed by atoms with Crippen molar-refractivity contribution < 1.29 is 4.79 Å². The first-order valence-corrected chi connectivity index (χ1v) is 9.13. The third-order valence-corrected chi connectivity index (χ3v) is 5.77. The Kier molecular flexibility index (Phi) is 3.74. The molecule has 0 spiro atoms. The Morgan fingerprint density at radius 2 is 1.67 bits per heavy atom. The van der Waals surface area contributed by atoms with Crippen molar-refractivity contribution in [2.24, 2.45) is 0 Å². The maximum atomic E-state index is 13.1. The van der Waals surface area contributed by atoms with Crippen molar-refractivity contribution in [1.82, 2.24) is 14.8 Å². The zero-order valence-corrected chi connectivity index (χ0v) is 14.5. The van der Waals surface area contributed by atoms with E-state index in [1.165, 1.54) is 23.1 Å². The molecule has 1 atom stereocenters. The van der Waals surface area contributed by atoms with Gasteiger partial charge in [-0.1, -0.05) is 59.5 Å². The summed E-state index contributed by atoms with van der Waals surface area (Å²) in [5.41, 5.74) is 7.46. The lowest BCUT2D eigenvalue weighted by Gasteiger charge is -2.11. The van der Waals surface area contributed by atoms with Crippen molar-refractivity contribution in [2.75, 3.05) is 5.73 Å². The Morgan fingerprint density at radius 1 is 1.08 bits per heavy atom. The average Bonchev–Trinajstić information content (AvgIpc) is 3.15. The molecule has 24 heavy (non-hydrogen) atoms. The van der Waals surface area contributed by atoms with E-state index in [0.717, 1.165) is 21.8 Å². The fourth-order valence-corrected chi connectivity index (χ4v) is 4.63. The van der Waals surface area contributed by atoms with Crippen LogP contribution >= 0.6 is 23.1 Å². The van der Waals surface area contributed by atoms with E-state index in [1.54, 1.807) is 4.57 Å². The number of thioether (sulfide) groups is 1. The predicted molar refractivity (Wildman–Crippen MR) is 99.7 cm³/mol. The van der Waals surface area contributed by atoms with Crippen LogP contribution in [0.25, 0.3) is 21.8 Å². The van der Waals surface area contributed by atoms with E-state index < -0.39 is 0 Å². The van der Waals surface area contributed by atoms with Crippen LogP contribution in [0.3, 0.4) is 0 Å². The lowest BCUT2D eigenvalue weighted by atomic mass is 10.2. The number of aromatic nitrogens is 3. The van der Waals surface area contributed by atoms with Crippen molar-refractivity contribution >= 4 is 55.9 Å². The molecule has 4 rings (SSSR count). The number of nitrogens with two attached hydrogens (primary N) is 1. The van der Waals surface area contributed by atoms with Crippen LogP contribution in [-0.4, -0.2) is 25.9 Å². The minimum Gasteiger partial charge on any atom is -0.374 e. The lowest BCUT2D eigenvalue weighted by molar-refractivity contribution is 0.0925. The van der Waals surface area contributed by atoms with Crippen molar-refractivity contribution in [3.63, 3.8) is 0 Å². The highest BCUT2D eigenvalue weighted by Crippen LogP contribution is 2.32. The molecule has 0 amide bonds.